The predicted octanol–water partition coefficient (Wildman–Crippen LogP) is 15.3. The molecule has 0 atom stereocenters. The van der Waals surface area contributed by atoms with Crippen LogP contribution in [-0.4, -0.2) is 38.3 Å². The lowest BCUT2D eigenvalue weighted by molar-refractivity contribution is 0.00578. The topological polar surface area (TPSA) is 96.3 Å². The zero-order chi connectivity index (χ0) is 47.9. The van der Waals surface area contributed by atoms with Crippen LogP contribution < -0.4 is 5.46 Å². The zero-order valence-electron chi connectivity index (χ0n) is 40.4. The molecule has 1 saturated heterocycles. The van der Waals surface area contributed by atoms with Gasteiger partial charge in [0, 0.05) is 56.4 Å². The van der Waals surface area contributed by atoms with Crippen LogP contribution in [0.15, 0.2) is 155 Å². The Bertz CT molecular complexity index is 3430. The van der Waals surface area contributed by atoms with Crippen molar-refractivity contribution in [3.63, 3.8) is 0 Å². The molecule has 0 aliphatic carbocycles. The number of aryl methyl sites for hydroxylation is 2. The molecule has 1 fully saturated rings. The van der Waals surface area contributed by atoms with Gasteiger partial charge in [0.2, 0.25) is 11.4 Å². The molecule has 0 saturated carbocycles. The van der Waals surface area contributed by atoms with Crippen molar-refractivity contribution in [1.29, 1.82) is 0 Å². The van der Waals surface area contributed by atoms with E-state index in [9.17, 15) is 0 Å². The average molecular weight is 919 g/mol. The molecule has 4 aromatic carbocycles. The minimum atomic E-state index is -0.439. The Morgan fingerprint density at radius 1 is 0.500 bits per heavy atom. The van der Waals surface area contributed by atoms with E-state index in [2.05, 4.69) is 166 Å². The second kappa shape index (κ2) is 18.8. The molecule has 10 aromatic rings. The lowest BCUT2D eigenvalue weighted by Gasteiger charge is -2.32. The molecule has 8 nitrogen and oxygen atoms in total. The maximum Gasteiger partial charge on any atom is 0.498 e. The summed E-state index contributed by atoms with van der Waals surface area (Å²) in [6, 6.07) is 45.7. The number of para-hydroxylation sites is 2. The third-order valence-corrected chi connectivity index (χ3v) is 13.3. The third kappa shape index (κ3) is 9.44. The maximum absolute atomic E-state index is 6.18. The van der Waals surface area contributed by atoms with Gasteiger partial charge in [-0.1, -0.05) is 118 Å². The van der Waals surface area contributed by atoms with Crippen molar-refractivity contribution in [3.8, 4) is 33.5 Å². The lowest BCUT2D eigenvalue weighted by atomic mass is 9.78. The van der Waals surface area contributed by atoms with Gasteiger partial charge in [-0.05, 0) is 141 Å². The molecule has 342 valence electrons. The van der Waals surface area contributed by atoms with Gasteiger partial charge in [-0.15, -0.1) is 0 Å². The van der Waals surface area contributed by atoms with Crippen molar-refractivity contribution in [2.24, 2.45) is 0 Å². The number of benzene rings is 4. The second-order valence-electron chi connectivity index (χ2n) is 19.2. The minimum absolute atomic E-state index is 0.374. The lowest BCUT2D eigenvalue weighted by Crippen LogP contribution is -2.41. The van der Waals surface area contributed by atoms with Gasteiger partial charge < -0.3 is 18.1 Å². The summed E-state index contributed by atoms with van der Waals surface area (Å²) in [5, 5.41) is 4.70. The third-order valence-electron chi connectivity index (χ3n) is 13.1. The Hall–Kier alpha value is -6.65. The van der Waals surface area contributed by atoms with E-state index in [4.69, 9.17) is 29.7 Å². The molecule has 68 heavy (non-hydrogen) atoms. The Balaban J connectivity index is 0.000000133. The SMILES string of the molecule is CC(C)c1cccc(-c2ccnc(Cl)c2)c1.Cc1ccc2c(n1)oc1c(-c3cc(-c4cccc(C(C)C)c4)ccn3)cccc12.Cc1ccc2c(n1)oc1c(B3OC(C)(C)C(C)(C)O3)cccc12. The van der Waals surface area contributed by atoms with E-state index in [1.165, 1.54) is 22.3 Å². The van der Waals surface area contributed by atoms with E-state index in [0.717, 1.165) is 71.9 Å². The predicted molar refractivity (Wildman–Crippen MR) is 280 cm³/mol. The number of halogens is 1. The van der Waals surface area contributed by atoms with E-state index < -0.39 is 7.12 Å². The molecule has 10 heteroatoms. The molecular formula is C58H56BClN4O4. The second-order valence-corrected chi connectivity index (χ2v) is 19.6. The van der Waals surface area contributed by atoms with E-state index >= 15 is 0 Å². The molecule has 0 spiro atoms. The molecule has 0 N–H and O–H groups in total. The summed E-state index contributed by atoms with van der Waals surface area (Å²) in [6.45, 7) is 21.0. The summed E-state index contributed by atoms with van der Waals surface area (Å²) in [6.07, 6.45) is 3.61. The Morgan fingerprint density at radius 3 is 1.54 bits per heavy atom. The first kappa shape index (κ1) is 46.5. The first-order valence-corrected chi connectivity index (χ1v) is 23.6. The van der Waals surface area contributed by atoms with Crippen molar-refractivity contribution in [3.05, 3.63) is 174 Å². The fourth-order valence-corrected chi connectivity index (χ4v) is 8.59. The fourth-order valence-electron chi connectivity index (χ4n) is 8.42. The van der Waals surface area contributed by atoms with Crippen molar-refractivity contribution in [2.75, 3.05) is 0 Å². The Labute approximate surface area is 403 Å². The van der Waals surface area contributed by atoms with Gasteiger partial charge in [-0.25, -0.2) is 15.0 Å². The number of nitrogens with zero attached hydrogens (tertiary/aromatic N) is 4. The quantitative estimate of drug-likeness (QED) is 0.120. The van der Waals surface area contributed by atoms with Gasteiger partial charge in [0.05, 0.1) is 16.9 Å². The molecular weight excluding hydrogens is 863 g/mol. The van der Waals surface area contributed by atoms with Gasteiger partial charge in [-0.2, -0.15) is 0 Å². The Morgan fingerprint density at radius 2 is 0.985 bits per heavy atom. The molecule has 0 unspecified atom stereocenters. The van der Waals surface area contributed by atoms with Crippen molar-refractivity contribution in [2.45, 2.75) is 92.3 Å². The van der Waals surface area contributed by atoms with E-state index in [1.54, 1.807) is 6.20 Å². The highest BCUT2D eigenvalue weighted by Gasteiger charge is 2.52. The normalized spacial score (nSPS) is 14.2. The van der Waals surface area contributed by atoms with Gasteiger partial charge in [0.15, 0.2) is 0 Å². The van der Waals surface area contributed by atoms with Crippen LogP contribution in [0, 0.1) is 13.8 Å². The summed E-state index contributed by atoms with van der Waals surface area (Å²) in [5.41, 5.74) is 14.2. The summed E-state index contributed by atoms with van der Waals surface area (Å²) in [4.78, 5) is 17.7. The van der Waals surface area contributed by atoms with Crippen molar-refractivity contribution in [1.82, 2.24) is 19.9 Å². The van der Waals surface area contributed by atoms with E-state index in [-0.39, 0.29) is 11.2 Å². The molecule has 0 amide bonds. The average Bonchev–Trinajstić information content (AvgIpc) is 3.96. The van der Waals surface area contributed by atoms with Crippen molar-refractivity contribution >= 4 is 68.3 Å². The van der Waals surface area contributed by atoms with Gasteiger partial charge in [0.1, 0.15) is 16.3 Å². The number of rotatable bonds is 6. The number of hydrogen-bond acceptors (Lipinski definition) is 8. The first-order chi connectivity index (χ1) is 32.5. The highest BCUT2D eigenvalue weighted by Crippen LogP contribution is 2.39. The number of aromatic nitrogens is 4. The van der Waals surface area contributed by atoms with Crippen molar-refractivity contribution < 1.29 is 18.1 Å². The first-order valence-electron chi connectivity index (χ1n) is 23.3. The van der Waals surface area contributed by atoms with Crippen LogP contribution in [0.25, 0.3) is 77.6 Å². The van der Waals surface area contributed by atoms with Crippen LogP contribution in [0.3, 0.4) is 0 Å². The monoisotopic (exact) mass is 918 g/mol. The Kier molecular flexibility index (Phi) is 12.8. The molecule has 11 rings (SSSR count). The molecule has 6 aromatic heterocycles. The van der Waals surface area contributed by atoms with Crippen LogP contribution in [0.5, 0.6) is 0 Å². The zero-order valence-corrected chi connectivity index (χ0v) is 41.1. The van der Waals surface area contributed by atoms with Gasteiger partial charge in [-0.3, -0.25) is 4.98 Å². The standard InChI is InChI=1S/C26H22N2O.C18H20BNO3.C14H14ClN/c1-16(2)18-6-4-7-19(14-18)20-12-13-27-24(15-20)23-9-5-8-21-22-11-10-17(3)28-26(22)29-25(21)23;1-11-9-10-13-12-7-6-8-14(15(12)21-16(13)20-11)19-22-17(2,3)18(4,5)23-19;1-10(2)11-4-3-5-12(8-11)13-6-7-16-14(15)9-13/h4-16H,1-3H3;6-10H,1-5H3;3-10H,1-2H3. The summed E-state index contributed by atoms with van der Waals surface area (Å²) in [5.74, 6) is 1.04. The van der Waals surface area contributed by atoms with Crippen LogP contribution >= 0.6 is 11.6 Å². The maximum atomic E-state index is 6.18. The molecule has 1 aliphatic heterocycles. The van der Waals surface area contributed by atoms with Gasteiger partial charge >= 0.3 is 7.12 Å². The molecule has 1 aliphatic rings. The van der Waals surface area contributed by atoms with Crippen LogP contribution in [0.1, 0.15) is 89.7 Å². The highest BCUT2D eigenvalue weighted by molar-refractivity contribution is 6.65. The molecule has 0 radical (unpaired) electrons. The summed E-state index contributed by atoms with van der Waals surface area (Å²) in [7, 11) is -0.439. The molecule has 0 bridgehead atoms. The van der Waals surface area contributed by atoms with Crippen LogP contribution in [0.4, 0.5) is 0 Å². The highest BCUT2D eigenvalue weighted by atomic mass is 35.5. The van der Waals surface area contributed by atoms with Gasteiger partial charge in [0.25, 0.3) is 0 Å². The smallest absolute Gasteiger partial charge is 0.438 e. The number of pyridine rings is 4. The van der Waals surface area contributed by atoms with Crippen LogP contribution in [0.2, 0.25) is 5.15 Å². The van der Waals surface area contributed by atoms with E-state index in [0.29, 0.717) is 28.4 Å². The largest absolute Gasteiger partial charge is 0.498 e. The minimum Gasteiger partial charge on any atom is -0.438 e. The summed E-state index contributed by atoms with van der Waals surface area (Å²) < 4.78 is 24.6. The number of hydrogen-bond donors (Lipinski definition) is 0. The molecule has 7 heterocycles. The van der Waals surface area contributed by atoms with Crippen LogP contribution in [-0.2, 0) is 9.31 Å². The summed E-state index contributed by atoms with van der Waals surface area (Å²) >= 11 is 5.89. The number of fused-ring (bicyclic) bond motifs is 6. The number of furan rings is 2. The van der Waals surface area contributed by atoms with E-state index in [1.807, 2.05) is 62.5 Å². The fraction of sp³-hybridized carbons (Fsp3) is 0.241.